The smallest absolute Gasteiger partial charge is 0.191 e. The summed E-state index contributed by atoms with van der Waals surface area (Å²) in [5, 5.41) is 16.6. The fourth-order valence-corrected chi connectivity index (χ4v) is 2.53. The third-order valence-corrected chi connectivity index (χ3v) is 4.32. The van der Waals surface area contributed by atoms with Gasteiger partial charge >= 0.3 is 0 Å². The van der Waals surface area contributed by atoms with Crippen LogP contribution in [0.1, 0.15) is 24.0 Å². The molecule has 0 aliphatic carbocycles. The first-order valence-corrected chi connectivity index (χ1v) is 8.29. The van der Waals surface area contributed by atoms with Gasteiger partial charge in [-0.15, -0.1) is 0 Å². The van der Waals surface area contributed by atoms with Gasteiger partial charge in [0.05, 0.1) is 6.54 Å². The Balaban J connectivity index is 1.94. The maximum atomic E-state index is 13.3. The molecular weight excluding hydrogens is 377 g/mol. The van der Waals surface area contributed by atoms with Gasteiger partial charge in [0.15, 0.2) is 5.96 Å². The molecular formula is C17H21BrFN3O2. The molecule has 1 aromatic carbocycles. The number of guanidine groups is 1. The van der Waals surface area contributed by atoms with E-state index in [1.54, 1.807) is 32.2 Å². The lowest BCUT2D eigenvalue weighted by Gasteiger charge is -2.23. The predicted octanol–water partition coefficient (Wildman–Crippen LogP) is 3.06. The number of aryl methyl sites for hydroxylation is 1. The van der Waals surface area contributed by atoms with E-state index < -0.39 is 5.60 Å². The summed E-state index contributed by atoms with van der Waals surface area (Å²) in [5.41, 5.74) is -0.405. The molecule has 24 heavy (non-hydrogen) atoms. The van der Waals surface area contributed by atoms with Gasteiger partial charge in [-0.3, -0.25) is 4.99 Å². The summed E-state index contributed by atoms with van der Waals surface area (Å²) in [4.78, 5) is 4.10. The van der Waals surface area contributed by atoms with Gasteiger partial charge in [-0.1, -0.05) is 15.9 Å². The number of benzene rings is 1. The quantitative estimate of drug-likeness (QED) is 0.535. The number of hydrogen-bond donors (Lipinski definition) is 3. The van der Waals surface area contributed by atoms with Gasteiger partial charge in [0.1, 0.15) is 22.9 Å². The third kappa shape index (κ3) is 4.82. The number of nitrogens with one attached hydrogen (secondary N) is 2. The fourth-order valence-electron chi connectivity index (χ4n) is 2.15. The molecule has 3 N–H and O–H groups in total. The van der Waals surface area contributed by atoms with E-state index in [9.17, 15) is 9.50 Å². The first-order chi connectivity index (χ1) is 11.3. The van der Waals surface area contributed by atoms with Crippen LogP contribution in [-0.4, -0.2) is 24.7 Å². The molecule has 0 bridgehead atoms. The van der Waals surface area contributed by atoms with Gasteiger partial charge in [-0.05, 0) is 49.7 Å². The molecule has 7 heteroatoms. The van der Waals surface area contributed by atoms with E-state index in [0.29, 0.717) is 18.3 Å². The highest BCUT2D eigenvalue weighted by molar-refractivity contribution is 9.10. The molecule has 0 aliphatic rings. The van der Waals surface area contributed by atoms with E-state index in [4.69, 9.17) is 4.42 Å². The third-order valence-electron chi connectivity index (χ3n) is 3.55. The highest BCUT2D eigenvalue weighted by Gasteiger charge is 2.27. The van der Waals surface area contributed by atoms with Crippen molar-refractivity contribution in [3.05, 3.63) is 57.7 Å². The van der Waals surface area contributed by atoms with Crippen LogP contribution >= 0.6 is 15.9 Å². The van der Waals surface area contributed by atoms with Crippen molar-refractivity contribution >= 4 is 21.9 Å². The van der Waals surface area contributed by atoms with E-state index in [0.717, 1.165) is 15.8 Å². The van der Waals surface area contributed by atoms with Crippen LogP contribution in [0.15, 0.2) is 44.2 Å². The summed E-state index contributed by atoms with van der Waals surface area (Å²) < 4.78 is 19.6. The molecule has 0 fully saturated rings. The minimum atomic E-state index is -1.18. The van der Waals surface area contributed by atoms with Crippen LogP contribution < -0.4 is 10.6 Å². The first-order valence-electron chi connectivity index (χ1n) is 7.49. The molecule has 1 unspecified atom stereocenters. The van der Waals surface area contributed by atoms with E-state index in [2.05, 4.69) is 31.6 Å². The molecule has 0 aliphatic heterocycles. The first kappa shape index (κ1) is 18.5. The predicted molar refractivity (Wildman–Crippen MR) is 95.3 cm³/mol. The normalized spacial score (nSPS) is 14.3. The van der Waals surface area contributed by atoms with Crippen LogP contribution in [0.25, 0.3) is 0 Å². The Morgan fingerprint density at radius 2 is 2.08 bits per heavy atom. The van der Waals surface area contributed by atoms with Crippen molar-refractivity contribution < 1.29 is 13.9 Å². The number of hydrogen-bond acceptors (Lipinski definition) is 3. The van der Waals surface area contributed by atoms with Crippen LogP contribution in [0, 0.1) is 12.7 Å². The van der Waals surface area contributed by atoms with E-state index in [-0.39, 0.29) is 12.4 Å². The number of halogens is 2. The van der Waals surface area contributed by atoms with Crippen molar-refractivity contribution in [2.75, 3.05) is 13.6 Å². The Morgan fingerprint density at radius 3 is 2.71 bits per heavy atom. The van der Waals surface area contributed by atoms with Gasteiger partial charge in [-0.25, -0.2) is 4.39 Å². The minimum Gasteiger partial charge on any atom is -0.463 e. The average Bonchev–Trinajstić information content (AvgIpc) is 2.98. The second-order valence-electron chi connectivity index (χ2n) is 5.70. The van der Waals surface area contributed by atoms with Gasteiger partial charge in [0, 0.05) is 18.1 Å². The molecule has 0 spiro atoms. The van der Waals surface area contributed by atoms with Crippen LogP contribution in [0.5, 0.6) is 0 Å². The number of aliphatic imine (C=N–C) groups is 1. The average molecular weight is 398 g/mol. The van der Waals surface area contributed by atoms with Gasteiger partial charge in [-0.2, -0.15) is 0 Å². The number of nitrogens with zero attached hydrogens (tertiary/aromatic N) is 1. The summed E-state index contributed by atoms with van der Waals surface area (Å²) in [6, 6.07) is 8.05. The van der Waals surface area contributed by atoms with E-state index in [1.807, 2.05) is 6.92 Å². The molecule has 1 aromatic heterocycles. The highest BCUT2D eigenvalue weighted by Crippen LogP contribution is 2.22. The van der Waals surface area contributed by atoms with Crippen molar-refractivity contribution in [2.24, 2.45) is 4.99 Å². The molecule has 2 rings (SSSR count). The molecule has 2 aromatic rings. The molecule has 0 radical (unpaired) electrons. The Morgan fingerprint density at radius 1 is 1.33 bits per heavy atom. The number of rotatable bonds is 5. The van der Waals surface area contributed by atoms with E-state index >= 15 is 0 Å². The van der Waals surface area contributed by atoms with Crippen molar-refractivity contribution in [1.29, 1.82) is 0 Å². The van der Waals surface area contributed by atoms with Gasteiger partial charge < -0.3 is 20.2 Å². The van der Waals surface area contributed by atoms with E-state index in [1.165, 1.54) is 12.1 Å². The van der Waals surface area contributed by atoms with Gasteiger partial charge in [0.2, 0.25) is 0 Å². The van der Waals surface area contributed by atoms with Crippen LogP contribution in [-0.2, 0) is 12.1 Å². The molecule has 0 amide bonds. The maximum absolute atomic E-state index is 13.3. The Hall–Kier alpha value is -1.86. The highest BCUT2D eigenvalue weighted by atomic mass is 79.9. The molecule has 130 valence electrons. The number of aliphatic hydroxyl groups is 1. The standard InChI is InChI=1S/C17H21BrFN3O2/c1-11-4-7-15(24-11)17(2,23)10-22-16(20-3)21-9-12-8-13(19)5-6-14(12)18/h4-8,23H,9-10H2,1-3H3,(H2,20,21,22). The van der Waals surface area contributed by atoms with Gasteiger partial charge in [0.25, 0.3) is 0 Å². The summed E-state index contributed by atoms with van der Waals surface area (Å²) in [6.07, 6.45) is 0. The topological polar surface area (TPSA) is 69.8 Å². The maximum Gasteiger partial charge on any atom is 0.191 e. The summed E-state index contributed by atoms with van der Waals surface area (Å²) >= 11 is 3.39. The summed E-state index contributed by atoms with van der Waals surface area (Å²) in [5.74, 6) is 1.42. The van der Waals surface area contributed by atoms with Crippen molar-refractivity contribution in [2.45, 2.75) is 26.0 Å². The van der Waals surface area contributed by atoms with Crippen molar-refractivity contribution in [3.8, 4) is 0 Å². The van der Waals surface area contributed by atoms with Crippen LogP contribution in [0.2, 0.25) is 0 Å². The van der Waals surface area contributed by atoms with Crippen LogP contribution in [0.4, 0.5) is 4.39 Å². The zero-order valence-electron chi connectivity index (χ0n) is 13.9. The number of furan rings is 1. The fraction of sp³-hybridized carbons (Fsp3) is 0.353. The van der Waals surface area contributed by atoms with Crippen LogP contribution in [0.3, 0.4) is 0 Å². The molecule has 5 nitrogen and oxygen atoms in total. The SMILES string of the molecule is CN=C(NCc1cc(F)ccc1Br)NCC(C)(O)c1ccc(C)o1. The summed E-state index contributed by atoms with van der Waals surface area (Å²) in [7, 11) is 1.63. The Kier molecular flexibility index (Phi) is 6.01. The molecule has 0 saturated heterocycles. The summed E-state index contributed by atoms with van der Waals surface area (Å²) in [6.45, 7) is 4.09. The van der Waals surface area contributed by atoms with Crippen molar-refractivity contribution in [1.82, 2.24) is 10.6 Å². The Bertz CT molecular complexity index is 728. The zero-order chi connectivity index (χ0) is 17.7. The second-order valence-corrected chi connectivity index (χ2v) is 6.55. The second kappa shape index (κ2) is 7.81. The van der Waals surface area contributed by atoms with Crippen molar-refractivity contribution in [3.63, 3.8) is 0 Å². The lowest BCUT2D eigenvalue weighted by molar-refractivity contribution is 0.0378. The Labute approximate surface area is 149 Å². The molecule has 1 heterocycles. The molecule has 1 atom stereocenters. The monoisotopic (exact) mass is 397 g/mol. The molecule has 0 saturated carbocycles. The minimum absolute atomic E-state index is 0.212. The lowest BCUT2D eigenvalue weighted by Crippen LogP contribution is -2.44. The lowest BCUT2D eigenvalue weighted by atomic mass is 10.0. The zero-order valence-corrected chi connectivity index (χ0v) is 15.4. The largest absolute Gasteiger partial charge is 0.463 e.